The van der Waals surface area contributed by atoms with E-state index in [0.29, 0.717) is 5.92 Å². The average Bonchev–Trinajstić information content (AvgIpc) is 3.07. The molecule has 3 rings (SSSR count). The first-order chi connectivity index (χ1) is 9.78. The van der Waals surface area contributed by atoms with E-state index in [1.54, 1.807) is 0 Å². The fourth-order valence-corrected chi connectivity index (χ4v) is 3.93. The van der Waals surface area contributed by atoms with Gasteiger partial charge in [0.2, 0.25) is 0 Å². The molecule has 0 amide bonds. The molecule has 1 aliphatic heterocycles. The molecule has 1 aromatic carbocycles. The summed E-state index contributed by atoms with van der Waals surface area (Å²) in [4.78, 5) is 5.91. The van der Waals surface area contributed by atoms with E-state index in [1.165, 1.54) is 10.5 Å². The molecule has 20 heavy (non-hydrogen) atoms. The summed E-state index contributed by atoms with van der Waals surface area (Å²) in [5.74, 6) is 2.87. The minimum atomic E-state index is 0.210. The first-order valence-corrected chi connectivity index (χ1v) is 8.23. The van der Waals surface area contributed by atoms with Crippen LogP contribution in [0.1, 0.15) is 30.7 Å². The van der Waals surface area contributed by atoms with E-state index in [-0.39, 0.29) is 6.04 Å². The van der Waals surface area contributed by atoms with Gasteiger partial charge in [0, 0.05) is 48.0 Å². The fourth-order valence-electron chi connectivity index (χ4n) is 2.69. The van der Waals surface area contributed by atoms with Gasteiger partial charge in [-0.15, -0.1) is 11.8 Å². The molecular formula is C16H21N3S. The maximum Gasteiger partial charge on any atom is 0.110 e. The Bertz CT molecular complexity index is 579. The highest BCUT2D eigenvalue weighted by Gasteiger charge is 2.23. The molecule has 1 aliphatic rings. The molecule has 106 valence electrons. The standard InChI is InChI=1S/C16H21N3S/c1-2-13(17)9-16-18-7-8-19(16)10-12-11-20-15-6-4-3-5-14(12)15/h3-8,12-13H,2,9-11,17H2,1H3. The van der Waals surface area contributed by atoms with E-state index in [1.807, 2.05) is 18.0 Å². The minimum Gasteiger partial charge on any atom is -0.334 e. The van der Waals surface area contributed by atoms with Gasteiger partial charge in [0.1, 0.15) is 5.82 Å². The smallest absolute Gasteiger partial charge is 0.110 e. The van der Waals surface area contributed by atoms with Gasteiger partial charge in [-0.05, 0) is 18.1 Å². The Kier molecular flexibility index (Phi) is 4.13. The lowest BCUT2D eigenvalue weighted by molar-refractivity contribution is 0.546. The van der Waals surface area contributed by atoms with Crippen molar-refractivity contribution in [2.24, 2.45) is 5.73 Å². The van der Waals surface area contributed by atoms with Crippen LogP contribution in [0.5, 0.6) is 0 Å². The topological polar surface area (TPSA) is 43.8 Å². The third kappa shape index (κ3) is 2.76. The number of benzene rings is 1. The Labute approximate surface area is 124 Å². The van der Waals surface area contributed by atoms with Crippen LogP contribution < -0.4 is 5.73 Å². The third-order valence-electron chi connectivity index (χ3n) is 3.99. The van der Waals surface area contributed by atoms with Crippen LogP contribution in [-0.2, 0) is 13.0 Å². The highest BCUT2D eigenvalue weighted by molar-refractivity contribution is 7.99. The van der Waals surface area contributed by atoms with Gasteiger partial charge >= 0.3 is 0 Å². The van der Waals surface area contributed by atoms with Crippen LogP contribution in [-0.4, -0.2) is 21.3 Å². The molecule has 1 aromatic heterocycles. The maximum absolute atomic E-state index is 6.06. The average molecular weight is 287 g/mol. The number of rotatable bonds is 5. The van der Waals surface area contributed by atoms with Crippen molar-refractivity contribution in [3.63, 3.8) is 0 Å². The summed E-state index contributed by atoms with van der Waals surface area (Å²) in [6.07, 6.45) is 5.84. The molecular weight excluding hydrogens is 266 g/mol. The summed E-state index contributed by atoms with van der Waals surface area (Å²) in [6.45, 7) is 3.14. The Hall–Kier alpha value is -1.26. The molecule has 0 aliphatic carbocycles. The molecule has 2 aromatic rings. The van der Waals surface area contributed by atoms with E-state index in [4.69, 9.17) is 5.73 Å². The molecule has 2 atom stereocenters. The third-order valence-corrected chi connectivity index (χ3v) is 5.24. The first kappa shape index (κ1) is 13.7. The summed E-state index contributed by atoms with van der Waals surface area (Å²) >= 11 is 1.96. The van der Waals surface area contributed by atoms with Crippen molar-refractivity contribution in [1.82, 2.24) is 9.55 Å². The van der Waals surface area contributed by atoms with Crippen molar-refractivity contribution in [3.05, 3.63) is 48.0 Å². The van der Waals surface area contributed by atoms with E-state index in [9.17, 15) is 0 Å². The molecule has 2 unspecified atom stereocenters. The summed E-state index contributed by atoms with van der Waals surface area (Å²) in [6, 6.07) is 8.95. The van der Waals surface area contributed by atoms with Gasteiger partial charge in [0.15, 0.2) is 0 Å². The number of nitrogens with zero attached hydrogens (tertiary/aromatic N) is 2. The zero-order valence-electron chi connectivity index (χ0n) is 11.8. The normalized spacial score (nSPS) is 19.0. The molecule has 2 N–H and O–H groups in total. The van der Waals surface area contributed by atoms with E-state index in [2.05, 4.69) is 46.9 Å². The zero-order chi connectivity index (χ0) is 13.9. The van der Waals surface area contributed by atoms with Gasteiger partial charge in [-0.3, -0.25) is 0 Å². The monoisotopic (exact) mass is 287 g/mol. The van der Waals surface area contributed by atoms with E-state index in [0.717, 1.165) is 31.0 Å². The van der Waals surface area contributed by atoms with Crippen LogP contribution in [0.25, 0.3) is 0 Å². The van der Waals surface area contributed by atoms with Gasteiger partial charge in [0.25, 0.3) is 0 Å². The van der Waals surface area contributed by atoms with Crippen LogP contribution in [0.3, 0.4) is 0 Å². The lowest BCUT2D eigenvalue weighted by Crippen LogP contribution is -2.24. The van der Waals surface area contributed by atoms with Crippen molar-refractivity contribution < 1.29 is 0 Å². The van der Waals surface area contributed by atoms with Crippen molar-refractivity contribution in [3.8, 4) is 0 Å². The Morgan fingerprint density at radius 2 is 2.30 bits per heavy atom. The van der Waals surface area contributed by atoms with Gasteiger partial charge in [-0.25, -0.2) is 4.98 Å². The highest BCUT2D eigenvalue weighted by atomic mass is 32.2. The summed E-state index contributed by atoms with van der Waals surface area (Å²) in [5.41, 5.74) is 7.54. The second-order valence-corrected chi connectivity index (χ2v) is 6.48. The number of imidazole rings is 1. The number of aromatic nitrogens is 2. The number of hydrogen-bond acceptors (Lipinski definition) is 3. The summed E-state index contributed by atoms with van der Waals surface area (Å²) < 4.78 is 2.28. The lowest BCUT2D eigenvalue weighted by Gasteiger charge is -2.15. The van der Waals surface area contributed by atoms with Gasteiger partial charge < -0.3 is 10.3 Å². The summed E-state index contributed by atoms with van der Waals surface area (Å²) in [7, 11) is 0. The maximum atomic E-state index is 6.06. The lowest BCUT2D eigenvalue weighted by atomic mass is 10.0. The van der Waals surface area contributed by atoms with Crippen LogP contribution in [0.15, 0.2) is 41.6 Å². The summed E-state index contributed by atoms with van der Waals surface area (Å²) in [5, 5.41) is 0. The SMILES string of the molecule is CCC(N)Cc1nccn1CC1CSc2ccccc21. The van der Waals surface area contributed by atoms with Crippen molar-refractivity contribution in [2.45, 2.75) is 43.2 Å². The quantitative estimate of drug-likeness (QED) is 0.919. The molecule has 0 spiro atoms. The van der Waals surface area contributed by atoms with Crippen LogP contribution in [0, 0.1) is 0 Å². The zero-order valence-corrected chi connectivity index (χ0v) is 12.6. The molecule has 4 heteroatoms. The van der Waals surface area contributed by atoms with Crippen LogP contribution in [0.4, 0.5) is 0 Å². The first-order valence-electron chi connectivity index (χ1n) is 7.25. The number of thioether (sulfide) groups is 1. The molecule has 2 heterocycles. The van der Waals surface area contributed by atoms with Gasteiger partial charge in [0.05, 0.1) is 0 Å². The molecule has 0 saturated carbocycles. The van der Waals surface area contributed by atoms with Crippen molar-refractivity contribution in [2.75, 3.05) is 5.75 Å². The Balaban J connectivity index is 1.75. The molecule has 0 radical (unpaired) electrons. The van der Waals surface area contributed by atoms with Crippen LogP contribution >= 0.6 is 11.8 Å². The number of hydrogen-bond donors (Lipinski definition) is 1. The van der Waals surface area contributed by atoms with Crippen molar-refractivity contribution >= 4 is 11.8 Å². The molecule has 3 nitrogen and oxygen atoms in total. The predicted molar refractivity (Wildman–Crippen MR) is 84.1 cm³/mol. The molecule has 0 bridgehead atoms. The molecule has 0 saturated heterocycles. The minimum absolute atomic E-state index is 0.210. The Morgan fingerprint density at radius 3 is 3.15 bits per heavy atom. The number of nitrogens with two attached hydrogens (primary N) is 1. The van der Waals surface area contributed by atoms with Gasteiger partial charge in [-0.1, -0.05) is 25.1 Å². The van der Waals surface area contributed by atoms with Crippen LogP contribution in [0.2, 0.25) is 0 Å². The van der Waals surface area contributed by atoms with Crippen molar-refractivity contribution in [1.29, 1.82) is 0 Å². The number of fused-ring (bicyclic) bond motifs is 1. The highest BCUT2D eigenvalue weighted by Crippen LogP contribution is 2.40. The second kappa shape index (κ2) is 6.02. The fraction of sp³-hybridized carbons (Fsp3) is 0.438. The molecule has 0 fully saturated rings. The largest absolute Gasteiger partial charge is 0.334 e. The predicted octanol–water partition coefficient (Wildman–Crippen LogP) is 3.05. The van der Waals surface area contributed by atoms with E-state index >= 15 is 0 Å². The van der Waals surface area contributed by atoms with Gasteiger partial charge in [-0.2, -0.15) is 0 Å². The Morgan fingerprint density at radius 1 is 1.45 bits per heavy atom. The van der Waals surface area contributed by atoms with E-state index < -0.39 is 0 Å². The second-order valence-electron chi connectivity index (χ2n) is 5.41.